The van der Waals surface area contributed by atoms with E-state index >= 15 is 0 Å². The molecule has 0 saturated carbocycles. The predicted octanol–water partition coefficient (Wildman–Crippen LogP) is 5.54. The van der Waals surface area contributed by atoms with Crippen LogP contribution in [0.2, 0.25) is 0 Å². The molecule has 0 saturated heterocycles. The van der Waals surface area contributed by atoms with Gasteiger partial charge in [-0.15, -0.1) is 0 Å². The number of halogens is 4. The summed E-state index contributed by atoms with van der Waals surface area (Å²) in [7, 11) is 2.98. The van der Waals surface area contributed by atoms with E-state index < -0.39 is 11.7 Å². The van der Waals surface area contributed by atoms with Crippen molar-refractivity contribution in [2.24, 2.45) is 0 Å². The SMILES string of the molecule is CCCCCOc1nc(Br)c(-c2ccc(C(F)(F)F)cc2OC)nc1NC. The number of benzene rings is 1. The maximum atomic E-state index is 12.9. The molecule has 0 aliphatic heterocycles. The van der Waals surface area contributed by atoms with Gasteiger partial charge in [-0.05, 0) is 40.5 Å². The topological polar surface area (TPSA) is 56.3 Å². The largest absolute Gasteiger partial charge is 0.496 e. The van der Waals surface area contributed by atoms with Crippen LogP contribution in [0.5, 0.6) is 11.6 Å². The molecule has 0 aliphatic carbocycles. The van der Waals surface area contributed by atoms with Gasteiger partial charge in [-0.2, -0.15) is 13.2 Å². The van der Waals surface area contributed by atoms with Gasteiger partial charge in [-0.1, -0.05) is 19.8 Å². The van der Waals surface area contributed by atoms with Gasteiger partial charge in [0.1, 0.15) is 16.0 Å². The van der Waals surface area contributed by atoms with E-state index in [2.05, 4.69) is 38.1 Å². The highest BCUT2D eigenvalue weighted by Gasteiger charge is 2.31. The second-order valence-corrected chi connectivity index (χ2v) is 6.49. The van der Waals surface area contributed by atoms with Crippen LogP contribution in [-0.4, -0.2) is 30.7 Å². The van der Waals surface area contributed by atoms with Crippen LogP contribution < -0.4 is 14.8 Å². The monoisotopic (exact) mass is 447 g/mol. The number of nitrogens with zero attached hydrogens (tertiary/aromatic N) is 2. The van der Waals surface area contributed by atoms with Gasteiger partial charge in [-0.25, -0.2) is 9.97 Å². The molecular formula is C18H21BrF3N3O2. The second-order valence-electron chi connectivity index (χ2n) is 5.74. The molecule has 2 aromatic rings. The highest BCUT2D eigenvalue weighted by atomic mass is 79.9. The zero-order valence-corrected chi connectivity index (χ0v) is 16.9. The Bertz CT molecular complexity index is 785. The number of hydrogen-bond donors (Lipinski definition) is 1. The molecule has 0 unspecified atom stereocenters. The molecule has 1 N–H and O–H groups in total. The number of methoxy groups -OCH3 is 1. The predicted molar refractivity (Wildman–Crippen MR) is 101 cm³/mol. The summed E-state index contributed by atoms with van der Waals surface area (Å²) in [5.41, 5.74) is -0.0540. The first kappa shape index (κ1) is 21.3. The van der Waals surface area contributed by atoms with E-state index in [1.165, 1.54) is 13.2 Å². The van der Waals surface area contributed by atoms with Gasteiger partial charge < -0.3 is 14.8 Å². The lowest BCUT2D eigenvalue weighted by Crippen LogP contribution is -2.07. The molecule has 0 fully saturated rings. The van der Waals surface area contributed by atoms with Crippen molar-refractivity contribution in [2.45, 2.75) is 32.4 Å². The Morgan fingerprint density at radius 1 is 1.19 bits per heavy atom. The molecular weight excluding hydrogens is 427 g/mol. The maximum Gasteiger partial charge on any atom is 0.416 e. The van der Waals surface area contributed by atoms with Crippen LogP contribution in [0.25, 0.3) is 11.3 Å². The molecule has 27 heavy (non-hydrogen) atoms. The van der Waals surface area contributed by atoms with E-state index in [-0.39, 0.29) is 5.75 Å². The molecule has 0 spiro atoms. The van der Waals surface area contributed by atoms with Crippen LogP contribution in [0.15, 0.2) is 22.8 Å². The molecule has 5 nitrogen and oxygen atoms in total. The van der Waals surface area contributed by atoms with Crippen molar-refractivity contribution in [2.75, 3.05) is 26.1 Å². The minimum atomic E-state index is -4.46. The average molecular weight is 448 g/mol. The molecule has 2 rings (SSSR count). The van der Waals surface area contributed by atoms with Crippen LogP contribution >= 0.6 is 15.9 Å². The summed E-state index contributed by atoms with van der Waals surface area (Å²) >= 11 is 3.33. The molecule has 9 heteroatoms. The normalized spacial score (nSPS) is 11.4. The third kappa shape index (κ3) is 5.24. The molecule has 0 bridgehead atoms. The molecule has 0 radical (unpaired) electrons. The smallest absolute Gasteiger partial charge is 0.416 e. The zero-order valence-electron chi connectivity index (χ0n) is 15.3. The van der Waals surface area contributed by atoms with Crippen molar-refractivity contribution >= 4 is 21.7 Å². The van der Waals surface area contributed by atoms with Gasteiger partial charge in [0.05, 0.1) is 19.3 Å². The first-order chi connectivity index (χ1) is 12.8. The lowest BCUT2D eigenvalue weighted by molar-refractivity contribution is -0.137. The third-order valence-corrected chi connectivity index (χ3v) is 4.38. The van der Waals surface area contributed by atoms with E-state index in [1.807, 2.05) is 0 Å². The molecule has 1 aromatic heterocycles. The van der Waals surface area contributed by atoms with Crippen molar-refractivity contribution in [1.82, 2.24) is 9.97 Å². The Balaban J connectivity index is 2.41. The fourth-order valence-electron chi connectivity index (χ4n) is 2.42. The standard InChI is InChI=1S/C18H21BrF3N3O2/c1-4-5-6-9-27-17-16(23-2)24-14(15(19)25-17)12-8-7-11(18(20,21)22)10-13(12)26-3/h7-8,10H,4-6,9H2,1-3H3,(H,23,24). The molecule has 148 valence electrons. The van der Waals surface area contributed by atoms with Crippen molar-refractivity contribution in [3.63, 3.8) is 0 Å². The lowest BCUT2D eigenvalue weighted by atomic mass is 10.1. The van der Waals surface area contributed by atoms with Gasteiger partial charge in [0.25, 0.3) is 5.88 Å². The molecule has 0 aliphatic rings. The summed E-state index contributed by atoms with van der Waals surface area (Å²) in [4.78, 5) is 8.81. The summed E-state index contributed by atoms with van der Waals surface area (Å²) < 4.78 is 50.0. The number of unbranched alkanes of at least 4 members (excludes halogenated alkanes) is 2. The number of rotatable bonds is 8. The Morgan fingerprint density at radius 2 is 1.93 bits per heavy atom. The Hall–Kier alpha value is -2.03. The van der Waals surface area contributed by atoms with E-state index in [4.69, 9.17) is 9.47 Å². The van der Waals surface area contributed by atoms with E-state index in [0.717, 1.165) is 31.4 Å². The molecule has 1 aromatic carbocycles. The summed E-state index contributed by atoms with van der Waals surface area (Å²) in [5, 5.41) is 2.91. The van der Waals surface area contributed by atoms with Crippen LogP contribution in [0.1, 0.15) is 31.7 Å². The van der Waals surface area contributed by atoms with Crippen LogP contribution in [0.3, 0.4) is 0 Å². The van der Waals surface area contributed by atoms with Crippen molar-refractivity contribution in [3.8, 4) is 22.9 Å². The van der Waals surface area contributed by atoms with Gasteiger partial charge in [0.2, 0.25) is 0 Å². The fraction of sp³-hybridized carbons (Fsp3) is 0.444. The minimum absolute atomic E-state index is 0.0542. The number of alkyl halides is 3. The van der Waals surface area contributed by atoms with Gasteiger partial charge >= 0.3 is 6.18 Å². The van der Waals surface area contributed by atoms with Gasteiger partial charge in [-0.3, -0.25) is 0 Å². The second kappa shape index (κ2) is 9.25. The van der Waals surface area contributed by atoms with Gasteiger partial charge in [0.15, 0.2) is 5.82 Å². The number of aromatic nitrogens is 2. The highest BCUT2D eigenvalue weighted by molar-refractivity contribution is 9.10. The quantitative estimate of drug-likeness (QED) is 0.538. The number of hydrogen-bond acceptors (Lipinski definition) is 5. The average Bonchev–Trinajstić information content (AvgIpc) is 2.64. The van der Waals surface area contributed by atoms with Crippen molar-refractivity contribution in [3.05, 3.63) is 28.4 Å². The van der Waals surface area contributed by atoms with Crippen molar-refractivity contribution < 1.29 is 22.6 Å². The summed E-state index contributed by atoms with van der Waals surface area (Å²) in [6.07, 6.45) is -1.44. The van der Waals surface area contributed by atoms with E-state index in [0.29, 0.717) is 34.2 Å². The maximum absolute atomic E-state index is 12.9. The molecule has 1 heterocycles. The fourth-order valence-corrected chi connectivity index (χ4v) is 2.88. The minimum Gasteiger partial charge on any atom is -0.496 e. The van der Waals surface area contributed by atoms with Crippen LogP contribution in [0, 0.1) is 0 Å². The first-order valence-corrected chi connectivity index (χ1v) is 9.24. The van der Waals surface area contributed by atoms with Crippen LogP contribution in [0.4, 0.5) is 19.0 Å². The lowest BCUT2D eigenvalue weighted by Gasteiger charge is -2.15. The van der Waals surface area contributed by atoms with Crippen molar-refractivity contribution in [1.29, 1.82) is 0 Å². The van der Waals surface area contributed by atoms with E-state index in [1.54, 1.807) is 7.05 Å². The Labute approximate surface area is 164 Å². The van der Waals surface area contributed by atoms with Gasteiger partial charge in [0, 0.05) is 12.6 Å². The zero-order chi connectivity index (χ0) is 20.0. The Kier molecular flexibility index (Phi) is 7.29. The van der Waals surface area contributed by atoms with E-state index in [9.17, 15) is 13.2 Å². The third-order valence-electron chi connectivity index (χ3n) is 3.83. The number of ether oxygens (including phenoxy) is 2. The summed E-state index contributed by atoms with van der Waals surface area (Å²) in [6.45, 7) is 2.61. The number of nitrogens with one attached hydrogen (secondary N) is 1. The summed E-state index contributed by atoms with van der Waals surface area (Å²) in [6, 6.07) is 3.25. The first-order valence-electron chi connectivity index (χ1n) is 8.45. The Morgan fingerprint density at radius 3 is 2.52 bits per heavy atom. The number of anilines is 1. The highest BCUT2D eigenvalue weighted by Crippen LogP contribution is 2.39. The van der Waals surface area contributed by atoms with Crippen LogP contribution in [-0.2, 0) is 6.18 Å². The summed E-state index contributed by atoms with van der Waals surface area (Å²) in [5.74, 6) is 0.778. The molecule has 0 amide bonds. The molecule has 0 atom stereocenters.